The van der Waals surface area contributed by atoms with Crippen LogP contribution in [0.2, 0.25) is 0 Å². The standard InChI is InChI=1S/C29H29F/c1-3-4-5-6-7-22-10-13-25-19-26(15-14-24(25)18-22)27-16-17-28(29(30)20-27)23-11-8-21(2)9-12-23/h8-20H,3-7H2,1-2H3. The van der Waals surface area contributed by atoms with Gasteiger partial charge in [-0.3, -0.25) is 0 Å². The zero-order valence-electron chi connectivity index (χ0n) is 17.9. The maximum absolute atomic E-state index is 14.9. The van der Waals surface area contributed by atoms with Crippen molar-refractivity contribution in [3.63, 3.8) is 0 Å². The average molecular weight is 397 g/mol. The van der Waals surface area contributed by atoms with Gasteiger partial charge in [-0.2, -0.15) is 0 Å². The van der Waals surface area contributed by atoms with Crippen molar-refractivity contribution in [1.29, 1.82) is 0 Å². The second kappa shape index (κ2) is 9.26. The molecule has 0 unspecified atom stereocenters. The highest BCUT2D eigenvalue weighted by Gasteiger charge is 2.08. The molecular weight excluding hydrogens is 367 g/mol. The van der Waals surface area contributed by atoms with Crippen LogP contribution in [0.1, 0.15) is 43.7 Å². The number of fused-ring (bicyclic) bond motifs is 1. The highest BCUT2D eigenvalue weighted by atomic mass is 19.1. The van der Waals surface area contributed by atoms with Crippen LogP contribution in [0.15, 0.2) is 78.9 Å². The molecule has 0 aromatic heterocycles. The van der Waals surface area contributed by atoms with Gasteiger partial charge in [0.25, 0.3) is 0 Å². The van der Waals surface area contributed by atoms with Crippen molar-refractivity contribution in [3.8, 4) is 22.3 Å². The molecule has 0 saturated carbocycles. The summed E-state index contributed by atoms with van der Waals surface area (Å²) in [7, 11) is 0. The van der Waals surface area contributed by atoms with E-state index in [0.29, 0.717) is 5.56 Å². The first-order valence-electron chi connectivity index (χ1n) is 11.0. The highest BCUT2D eigenvalue weighted by Crippen LogP contribution is 2.30. The van der Waals surface area contributed by atoms with Crippen molar-refractivity contribution < 1.29 is 4.39 Å². The Bertz CT molecular complexity index is 1140. The van der Waals surface area contributed by atoms with E-state index in [1.807, 2.05) is 43.3 Å². The number of aryl methyl sites for hydroxylation is 2. The van der Waals surface area contributed by atoms with E-state index in [1.165, 1.54) is 47.6 Å². The number of benzene rings is 4. The lowest BCUT2D eigenvalue weighted by Crippen LogP contribution is -1.88. The summed E-state index contributed by atoms with van der Waals surface area (Å²) in [5.74, 6) is -0.182. The van der Waals surface area contributed by atoms with Gasteiger partial charge in [0.15, 0.2) is 0 Å². The van der Waals surface area contributed by atoms with Gasteiger partial charge in [0.2, 0.25) is 0 Å². The number of halogens is 1. The summed E-state index contributed by atoms with van der Waals surface area (Å²) in [6, 6.07) is 26.7. The Morgan fingerprint density at radius 1 is 0.633 bits per heavy atom. The third kappa shape index (κ3) is 4.62. The fourth-order valence-electron chi connectivity index (χ4n) is 4.05. The number of unbranched alkanes of at least 4 members (excludes halogenated alkanes) is 3. The highest BCUT2D eigenvalue weighted by molar-refractivity contribution is 5.88. The molecule has 1 heteroatoms. The van der Waals surface area contributed by atoms with Crippen LogP contribution in [0.5, 0.6) is 0 Å². The fourth-order valence-corrected chi connectivity index (χ4v) is 4.05. The van der Waals surface area contributed by atoms with E-state index in [2.05, 4.69) is 43.3 Å². The fraction of sp³-hybridized carbons (Fsp3) is 0.241. The minimum Gasteiger partial charge on any atom is -0.206 e. The minimum atomic E-state index is -0.182. The van der Waals surface area contributed by atoms with E-state index < -0.39 is 0 Å². The van der Waals surface area contributed by atoms with Gasteiger partial charge in [-0.15, -0.1) is 0 Å². The molecule has 4 aromatic rings. The Labute approximate surface area is 179 Å². The largest absolute Gasteiger partial charge is 0.206 e. The van der Waals surface area contributed by atoms with Crippen LogP contribution in [0.3, 0.4) is 0 Å². The number of rotatable bonds is 7. The van der Waals surface area contributed by atoms with Crippen LogP contribution in [-0.4, -0.2) is 0 Å². The molecule has 0 radical (unpaired) electrons. The van der Waals surface area contributed by atoms with Crippen LogP contribution in [0, 0.1) is 12.7 Å². The Morgan fingerprint density at radius 2 is 1.30 bits per heavy atom. The molecule has 4 rings (SSSR count). The second-order valence-corrected chi connectivity index (χ2v) is 8.27. The predicted octanol–water partition coefficient (Wildman–Crippen LogP) is 8.74. The molecule has 152 valence electrons. The van der Waals surface area contributed by atoms with Crippen LogP contribution in [0.25, 0.3) is 33.0 Å². The van der Waals surface area contributed by atoms with Gasteiger partial charge in [-0.25, -0.2) is 4.39 Å². The molecule has 0 fully saturated rings. The molecule has 0 N–H and O–H groups in total. The predicted molar refractivity (Wildman–Crippen MR) is 127 cm³/mol. The lowest BCUT2D eigenvalue weighted by Gasteiger charge is -2.09. The lowest BCUT2D eigenvalue weighted by atomic mass is 9.96. The molecular formula is C29H29F. The molecule has 0 heterocycles. The van der Waals surface area contributed by atoms with Crippen molar-refractivity contribution >= 4 is 10.8 Å². The van der Waals surface area contributed by atoms with E-state index in [0.717, 1.165) is 23.1 Å². The van der Waals surface area contributed by atoms with Gasteiger partial charge in [-0.1, -0.05) is 98.5 Å². The van der Waals surface area contributed by atoms with Gasteiger partial charge in [0.1, 0.15) is 5.82 Å². The van der Waals surface area contributed by atoms with Gasteiger partial charge < -0.3 is 0 Å². The number of hydrogen-bond acceptors (Lipinski definition) is 0. The van der Waals surface area contributed by atoms with Crippen LogP contribution >= 0.6 is 0 Å². The van der Waals surface area contributed by atoms with Crippen molar-refractivity contribution in [3.05, 3.63) is 95.8 Å². The summed E-state index contributed by atoms with van der Waals surface area (Å²) in [5.41, 5.74) is 6.10. The molecule has 0 saturated heterocycles. The number of hydrogen-bond donors (Lipinski definition) is 0. The van der Waals surface area contributed by atoms with E-state index >= 15 is 0 Å². The van der Waals surface area contributed by atoms with Gasteiger partial charge >= 0.3 is 0 Å². The molecule has 0 spiro atoms. The smallest absolute Gasteiger partial charge is 0.131 e. The first kappa shape index (κ1) is 20.3. The normalized spacial score (nSPS) is 11.2. The van der Waals surface area contributed by atoms with Crippen molar-refractivity contribution in [2.45, 2.75) is 46.0 Å². The first-order chi connectivity index (χ1) is 14.6. The van der Waals surface area contributed by atoms with E-state index in [-0.39, 0.29) is 5.82 Å². The molecule has 0 aliphatic heterocycles. The Balaban J connectivity index is 1.56. The lowest BCUT2D eigenvalue weighted by molar-refractivity contribution is 0.632. The van der Waals surface area contributed by atoms with Gasteiger partial charge in [0.05, 0.1) is 0 Å². The van der Waals surface area contributed by atoms with Crippen molar-refractivity contribution in [2.24, 2.45) is 0 Å². The first-order valence-corrected chi connectivity index (χ1v) is 11.0. The Kier molecular flexibility index (Phi) is 6.28. The van der Waals surface area contributed by atoms with Crippen LogP contribution in [-0.2, 0) is 6.42 Å². The van der Waals surface area contributed by atoms with E-state index in [4.69, 9.17) is 0 Å². The zero-order chi connectivity index (χ0) is 20.9. The van der Waals surface area contributed by atoms with E-state index in [1.54, 1.807) is 6.07 Å². The van der Waals surface area contributed by atoms with Crippen LogP contribution < -0.4 is 0 Å². The third-order valence-electron chi connectivity index (χ3n) is 5.89. The molecule has 30 heavy (non-hydrogen) atoms. The third-order valence-corrected chi connectivity index (χ3v) is 5.89. The maximum atomic E-state index is 14.9. The molecule has 0 aliphatic carbocycles. The Hall–Kier alpha value is -2.93. The molecule has 0 amide bonds. The van der Waals surface area contributed by atoms with Gasteiger partial charge in [0, 0.05) is 5.56 Å². The molecule has 0 nitrogen and oxygen atoms in total. The summed E-state index contributed by atoms with van der Waals surface area (Å²) in [6.45, 7) is 4.29. The topological polar surface area (TPSA) is 0 Å². The summed E-state index contributed by atoms with van der Waals surface area (Å²) in [6.07, 6.45) is 6.29. The summed E-state index contributed by atoms with van der Waals surface area (Å²) in [5, 5.41) is 2.45. The average Bonchev–Trinajstić information content (AvgIpc) is 2.77. The quantitative estimate of drug-likeness (QED) is 0.274. The molecule has 4 aromatic carbocycles. The zero-order valence-corrected chi connectivity index (χ0v) is 17.9. The van der Waals surface area contributed by atoms with Crippen LogP contribution in [0.4, 0.5) is 4.39 Å². The van der Waals surface area contributed by atoms with Gasteiger partial charge in [-0.05, 0) is 64.9 Å². The molecule has 0 atom stereocenters. The van der Waals surface area contributed by atoms with Crippen molar-refractivity contribution in [1.82, 2.24) is 0 Å². The second-order valence-electron chi connectivity index (χ2n) is 8.27. The minimum absolute atomic E-state index is 0.182. The Morgan fingerprint density at radius 3 is 2.07 bits per heavy atom. The molecule has 0 bridgehead atoms. The summed E-state index contributed by atoms with van der Waals surface area (Å²) in [4.78, 5) is 0. The summed E-state index contributed by atoms with van der Waals surface area (Å²) >= 11 is 0. The van der Waals surface area contributed by atoms with E-state index in [9.17, 15) is 4.39 Å². The monoisotopic (exact) mass is 396 g/mol. The maximum Gasteiger partial charge on any atom is 0.131 e. The van der Waals surface area contributed by atoms with Crippen molar-refractivity contribution in [2.75, 3.05) is 0 Å². The summed E-state index contributed by atoms with van der Waals surface area (Å²) < 4.78 is 14.9. The molecule has 0 aliphatic rings. The SMILES string of the molecule is CCCCCCc1ccc2cc(-c3ccc(-c4ccc(C)cc4)c(F)c3)ccc2c1.